The Morgan fingerprint density at radius 3 is 2.48 bits per heavy atom. The molecule has 9 heteroatoms. The summed E-state index contributed by atoms with van der Waals surface area (Å²) < 4.78 is 31.7. The van der Waals surface area contributed by atoms with Crippen molar-refractivity contribution in [1.29, 1.82) is 0 Å². The Labute approximate surface area is 167 Å². The van der Waals surface area contributed by atoms with Gasteiger partial charge >= 0.3 is 12.1 Å². The van der Waals surface area contributed by atoms with Crippen molar-refractivity contribution in [3.8, 4) is 11.4 Å². The Bertz CT molecular complexity index is 823. The molecule has 1 aliphatic heterocycles. The zero-order valence-electron chi connectivity index (χ0n) is 16.6. The van der Waals surface area contributed by atoms with E-state index in [0.29, 0.717) is 5.92 Å². The van der Waals surface area contributed by atoms with Crippen LogP contribution >= 0.6 is 0 Å². The molecule has 0 bridgehead atoms. The van der Waals surface area contributed by atoms with Crippen LogP contribution in [0.1, 0.15) is 25.3 Å². The molecule has 0 radical (unpaired) electrons. The summed E-state index contributed by atoms with van der Waals surface area (Å²) in [5, 5.41) is 10.4. The molecular weight excluding hydrogens is 385 g/mol. The SMILES string of the molecule is CC(C)c1cccc(-c2nccc(N(C)CC3CNC3)n2)c1.O=C(O)C(F)(F)F. The maximum atomic E-state index is 10.6. The van der Waals surface area contributed by atoms with Gasteiger partial charge in [0, 0.05) is 44.4 Å². The van der Waals surface area contributed by atoms with E-state index in [4.69, 9.17) is 14.9 Å². The van der Waals surface area contributed by atoms with E-state index in [-0.39, 0.29) is 0 Å². The van der Waals surface area contributed by atoms with Crippen molar-refractivity contribution in [2.45, 2.75) is 25.9 Å². The Kier molecular flexibility index (Phi) is 7.55. The van der Waals surface area contributed by atoms with Gasteiger partial charge in [0.15, 0.2) is 5.82 Å². The average molecular weight is 410 g/mol. The van der Waals surface area contributed by atoms with E-state index in [1.54, 1.807) is 0 Å². The second-order valence-electron chi connectivity index (χ2n) is 7.23. The minimum atomic E-state index is -5.08. The number of carboxylic acid groups (broad SMARTS) is 1. The molecule has 0 spiro atoms. The fourth-order valence-corrected chi connectivity index (χ4v) is 2.70. The van der Waals surface area contributed by atoms with Gasteiger partial charge in [-0.15, -0.1) is 0 Å². The van der Waals surface area contributed by atoms with E-state index in [2.05, 4.69) is 60.4 Å². The summed E-state index contributed by atoms with van der Waals surface area (Å²) in [5.41, 5.74) is 2.41. The molecule has 0 saturated carbocycles. The lowest BCUT2D eigenvalue weighted by Crippen LogP contribution is -2.47. The van der Waals surface area contributed by atoms with Gasteiger partial charge in [0.05, 0.1) is 0 Å². The molecule has 0 aliphatic carbocycles. The van der Waals surface area contributed by atoms with E-state index in [1.807, 2.05) is 12.3 Å². The van der Waals surface area contributed by atoms with Gasteiger partial charge in [0.25, 0.3) is 0 Å². The van der Waals surface area contributed by atoms with Crippen LogP contribution in [0.15, 0.2) is 36.5 Å². The predicted octanol–water partition coefficient (Wildman–Crippen LogP) is 3.56. The molecule has 29 heavy (non-hydrogen) atoms. The van der Waals surface area contributed by atoms with Crippen molar-refractivity contribution in [2.75, 3.05) is 31.6 Å². The number of alkyl halides is 3. The molecule has 1 saturated heterocycles. The molecular formula is C20H25F3N4O2. The molecule has 0 unspecified atom stereocenters. The quantitative estimate of drug-likeness (QED) is 0.785. The van der Waals surface area contributed by atoms with E-state index in [9.17, 15) is 13.2 Å². The molecule has 6 nitrogen and oxygen atoms in total. The van der Waals surface area contributed by atoms with E-state index < -0.39 is 12.1 Å². The standard InChI is InChI=1S/C18H24N4.C2HF3O2/c1-13(2)15-5-4-6-16(9-15)18-20-8-7-17(21-18)22(3)12-14-10-19-11-14;3-2(4,5)1(6)7/h4-9,13-14,19H,10-12H2,1-3H3;(H,6,7). The molecule has 1 aliphatic rings. The Morgan fingerprint density at radius 2 is 1.97 bits per heavy atom. The average Bonchev–Trinajstić information content (AvgIpc) is 2.64. The molecule has 2 N–H and O–H groups in total. The molecule has 2 heterocycles. The van der Waals surface area contributed by atoms with Gasteiger partial charge in [0.2, 0.25) is 0 Å². The number of rotatable bonds is 5. The number of carbonyl (C=O) groups is 1. The lowest BCUT2D eigenvalue weighted by atomic mass is 10.0. The summed E-state index contributed by atoms with van der Waals surface area (Å²) in [5.74, 6) is 0.280. The van der Waals surface area contributed by atoms with E-state index >= 15 is 0 Å². The van der Waals surface area contributed by atoms with E-state index in [1.165, 1.54) is 5.56 Å². The van der Waals surface area contributed by atoms with Gasteiger partial charge in [-0.05, 0) is 23.6 Å². The number of nitrogens with zero attached hydrogens (tertiary/aromatic N) is 3. The van der Waals surface area contributed by atoms with E-state index in [0.717, 1.165) is 42.8 Å². The number of hydrogen-bond acceptors (Lipinski definition) is 5. The van der Waals surface area contributed by atoms with Crippen molar-refractivity contribution < 1.29 is 23.1 Å². The van der Waals surface area contributed by atoms with Gasteiger partial charge < -0.3 is 15.3 Å². The third-order valence-electron chi connectivity index (χ3n) is 4.48. The van der Waals surface area contributed by atoms with Gasteiger partial charge in [-0.25, -0.2) is 14.8 Å². The molecule has 0 amide bonds. The highest BCUT2D eigenvalue weighted by molar-refractivity contribution is 5.73. The van der Waals surface area contributed by atoms with Gasteiger partial charge in [-0.1, -0.05) is 32.0 Å². The van der Waals surface area contributed by atoms with Crippen molar-refractivity contribution in [1.82, 2.24) is 15.3 Å². The molecule has 2 aromatic rings. The largest absolute Gasteiger partial charge is 0.490 e. The Balaban J connectivity index is 0.000000370. The fraction of sp³-hybridized carbons (Fsp3) is 0.450. The second kappa shape index (κ2) is 9.69. The van der Waals surface area contributed by atoms with Crippen LogP contribution in [0.4, 0.5) is 19.0 Å². The van der Waals surface area contributed by atoms with Crippen LogP contribution in [0.2, 0.25) is 0 Å². The first-order valence-electron chi connectivity index (χ1n) is 9.23. The fourth-order valence-electron chi connectivity index (χ4n) is 2.70. The number of carboxylic acids is 1. The molecule has 3 rings (SSSR count). The summed E-state index contributed by atoms with van der Waals surface area (Å²) >= 11 is 0. The maximum Gasteiger partial charge on any atom is 0.490 e. The summed E-state index contributed by atoms with van der Waals surface area (Å²) in [4.78, 5) is 20.3. The van der Waals surface area contributed by atoms with Crippen molar-refractivity contribution >= 4 is 11.8 Å². The van der Waals surface area contributed by atoms with Gasteiger partial charge in [-0.2, -0.15) is 13.2 Å². The molecule has 158 valence electrons. The normalized spacial score (nSPS) is 14.0. The number of aliphatic carboxylic acids is 1. The molecule has 1 aromatic carbocycles. The molecule has 1 fully saturated rings. The van der Waals surface area contributed by atoms with Crippen LogP contribution in [0.5, 0.6) is 0 Å². The number of hydrogen-bond donors (Lipinski definition) is 2. The summed E-state index contributed by atoms with van der Waals surface area (Å²) in [6.07, 6.45) is -3.23. The monoisotopic (exact) mass is 410 g/mol. The van der Waals surface area contributed by atoms with Crippen molar-refractivity contribution in [2.24, 2.45) is 5.92 Å². The highest BCUT2D eigenvalue weighted by Gasteiger charge is 2.38. The number of anilines is 1. The minimum absolute atomic E-state index is 0.511. The smallest absolute Gasteiger partial charge is 0.475 e. The van der Waals surface area contributed by atoms with Crippen molar-refractivity contribution in [3.63, 3.8) is 0 Å². The van der Waals surface area contributed by atoms with Crippen LogP contribution in [-0.4, -0.2) is 53.9 Å². The number of aromatic nitrogens is 2. The third kappa shape index (κ3) is 6.70. The topological polar surface area (TPSA) is 78.4 Å². The summed E-state index contributed by atoms with van der Waals surface area (Å²) in [7, 11) is 2.11. The maximum absolute atomic E-state index is 10.6. The lowest BCUT2D eigenvalue weighted by Gasteiger charge is -2.31. The zero-order valence-corrected chi connectivity index (χ0v) is 16.6. The lowest BCUT2D eigenvalue weighted by molar-refractivity contribution is -0.192. The van der Waals surface area contributed by atoms with Crippen LogP contribution in [0.25, 0.3) is 11.4 Å². The van der Waals surface area contributed by atoms with Gasteiger partial charge in [-0.3, -0.25) is 0 Å². The van der Waals surface area contributed by atoms with Crippen molar-refractivity contribution in [3.05, 3.63) is 42.1 Å². The summed E-state index contributed by atoms with van der Waals surface area (Å²) in [6, 6.07) is 10.5. The van der Waals surface area contributed by atoms with Crippen LogP contribution in [0, 0.1) is 5.92 Å². The highest BCUT2D eigenvalue weighted by Crippen LogP contribution is 2.23. The highest BCUT2D eigenvalue weighted by atomic mass is 19.4. The minimum Gasteiger partial charge on any atom is -0.475 e. The van der Waals surface area contributed by atoms with Crippen LogP contribution in [-0.2, 0) is 4.79 Å². The summed E-state index contributed by atoms with van der Waals surface area (Å²) in [6.45, 7) is 7.67. The third-order valence-corrected chi connectivity index (χ3v) is 4.48. The first kappa shape index (κ1) is 22.6. The Hall–Kier alpha value is -2.68. The van der Waals surface area contributed by atoms with Crippen LogP contribution in [0.3, 0.4) is 0 Å². The zero-order chi connectivity index (χ0) is 21.6. The number of benzene rings is 1. The van der Waals surface area contributed by atoms with Gasteiger partial charge in [0.1, 0.15) is 5.82 Å². The predicted molar refractivity (Wildman–Crippen MR) is 105 cm³/mol. The second-order valence-corrected chi connectivity index (χ2v) is 7.23. The first-order valence-corrected chi connectivity index (χ1v) is 9.23. The van der Waals surface area contributed by atoms with Crippen LogP contribution < -0.4 is 10.2 Å². The molecule has 1 aromatic heterocycles. The number of nitrogens with one attached hydrogen (secondary N) is 1. The number of halogens is 3. The Morgan fingerprint density at radius 1 is 1.31 bits per heavy atom. The molecule has 0 atom stereocenters. The first-order chi connectivity index (χ1) is 13.6.